The summed E-state index contributed by atoms with van der Waals surface area (Å²) in [6, 6.07) is 15.2. The highest BCUT2D eigenvalue weighted by Crippen LogP contribution is 2.12. The number of rotatable bonds is 6. The predicted octanol–water partition coefficient (Wildman–Crippen LogP) is 1.83. The van der Waals surface area contributed by atoms with Gasteiger partial charge >= 0.3 is 0 Å². The van der Waals surface area contributed by atoms with Crippen LogP contribution in [-0.4, -0.2) is 17.4 Å². The first-order valence-electron chi connectivity index (χ1n) is 6.73. The topological polar surface area (TPSA) is 68.0 Å². The summed E-state index contributed by atoms with van der Waals surface area (Å²) in [5, 5.41) is 2.87. The van der Waals surface area contributed by atoms with Crippen LogP contribution in [-0.2, 0) is 11.2 Å². The summed E-state index contributed by atoms with van der Waals surface area (Å²) in [6.07, 6.45) is 2.78. The summed E-state index contributed by atoms with van der Waals surface area (Å²) in [6.45, 7) is 0.581. The lowest BCUT2D eigenvalue weighted by Gasteiger charge is -2.12. The maximum absolute atomic E-state index is 11.8. The molecule has 1 heterocycles. The van der Waals surface area contributed by atoms with E-state index in [1.54, 1.807) is 6.20 Å². The average molecular weight is 269 g/mol. The van der Waals surface area contributed by atoms with Crippen molar-refractivity contribution in [2.24, 2.45) is 5.73 Å². The summed E-state index contributed by atoms with van der Waals surface area (Å²) in [5.41, 5.74) is 7.96. The van der Waals surface area contributed by atoms with Crippen molar-refractivity contribution < 1.29 is 4.79 Å². The first-order valence-corrected chi connectivity index (χ1v) is 6.73. The number of nitrogens with two attached hydrogens (primary N) is 1. The van der Waals surface area contributed by atoms with Crippen molar-refractivity contribution >= 4 is 5.91 Å². The van der Waals surface area contributed by atoms with Crippen LogP contribution in [0.1, 0.15) is 23.7 Å². The third kappa shape index (κ3) is 4.48. The number of pyridine rings is 1. The normalized spacial score (nSPS) is 11.8. The van der Waals surface area contributed by atoms with E-state index in [0.717, 1.165) is 17.7 Å². The van der Waals surface area contributed by atoms with Crippen molar-refractivity contribution in [1.29, 1.82) is 0 Å². The van der Waals surface area contributed by atoms with Gasteiger partial charge in [0.1, 0.15) is 0 Å². The van der Waals surface area contributed by atoms with Crippen molar-refractivity contribution in [1.82, 2.24) is 10.3 Å². The zero-order valence-electron chi connectivity index (χ0n) is 11.3. The molecule has 0 spiro atoms. The van der Waals surface area contributed by atoms with Crippen LogP contribution in [0.3, 0.4) is 0 Å². The molecule has 1 aromatic carbocycles. The molecule has 0 radical (unpaired) electrons. The van der Waals surface area contributed by atoms with Crippen LogP contribution in [0.4, 0.5) is 0 Å². The molecule has 4 heteroatoms. The van der Waals surface area contributed by atoms with Crippen LogP contribution < -0.4 is 11.1 Å². The summed E-state index contributed by atoms with van der Waals surface area (Å²) in [7, 11) is 0. The highest BCUT2D eigenvalue weighted by atomic mass is 16.1. The van der Waals surface area contributed by atoms with Crippen molar-refractivity contribution in [3.63, 3.8) is 0 Å². The van der Waals surface area contributed by atoms with Gasteiger partial charge in [0.25, 0.3) is 0 Å². The minimum Gasteiger partial charge on any atom is -0.356 e. The zero-order valence-corrected chi connectivity index (χ0v) is 11.3. The van der Waals surface area contributed by atoms with E-state index in [1.807, 2.05) is 48.5 Å². The number of benzene rings is 1. The predicted molar refractivity (Wildman–Crippen MR) is 78.9 cm³/mol. The summed E-state index contributed by atoms with van der Waals surface area (Å²) < 4.78 is 0. The molecule has 0 fully saturated rings. The molecule has 2 aromatic rings. The van der Waals surface area contributed by atoms with Gasteiger partial charge in [0.2, 0.25) is 5.91 Å². The molecule has 0 aliphatic carbocycles. The molecule has 20 heavy (non-hydrogen) atoms. The lowest BCUT2D eigenvalue weighted by Crippen LogP contribution is -2.29. The highest BCUT2D eigenvalue weighted by Gasteiger charge is 2.10. The van der Waals surface area contributed by atoms with Gasteiger partial charge in [-0.3, -0.25) is 9.78 Å². The zero-order chi connectivity index (χ0) is 14.2. The summed E-state index contributed by atoms with van der Waals surface area (Å²) in [5.74, 6) is -0.0303. The highest BCUT2D eigenvalue weighted by molar-refractivity contribution is 5.76. The smallest absolute Gasteiger partial charge is 0.221 e. The van der Waals surface area contributed by atoms with E-state index in [2.05, 4.69) is 10.3 Å². The molecule has 0 bridgehead atoms. The molecule has 104 valence electrons. The van der Waals surface area contributed by atoms with Gasteiger partial charge in [-0.15, -0.1) is 0 Å². The Hall–Kier alpha value is -2.20. The Bertz CT molecular complexity index is 528. The summed E-state index contributed by atoms with van der Waals surface area (Å²) >= 11 is 0. The second-order valence-corrected chi connectivity index (χ2v) is 4.64. The molecule has 0 saturated carbocycles. The average Bonchev–Trinajstić information content (AvgIpc) is 2.49. The first-order chi connectivity index (χ1) is 9.75. The van der Waals surface area contributed by atoms with Crippen molar-refractivity contribution in [3.05, 3.63) is 66.0 Å². The third-order valence-corrected chi connectivity index (χ3v) is 3.06. The third-order valence-electron chi connectivity index (χ3n) is 3.06. The van der Waals surface area contributed by atoms with Gasteiger partial charge in [-0.05, 0) is 17.7 Å². The van der Waals surface area contributed by atoms with Gasteiger partial charge in [-0.2, -0.15) is 0 Å². The second-order valence-electron chi connectivity index (χ2n) is 4.64. The van der Waals surface area contributed by atoms with Crippen LogP contribution in [0, 0.1) is 0 Å². The van der Waals surface area contributed by atoms with Gasteiger partial charge < -0.3 is 11.1 Å². The largest absolute Gasteiger partial charge is 0.356 e. The van der Waals surface area contributed by atoms with Crippen molar-refractivity contribution in [3.8, 4) is 0 Å². The minimum absolute atomic E-state index is 0.0303. The molecule has 2 rings (SSSR count). The second kappa shape index (κ2) is 7.40. The molecule has 4 nitrogen and oxygen atoms in total. The Kier molecular flexibility index (Phi) is 5.26. The Morgan fingerprint density at radius 2 is 1.90 bits per heavy atom. The molecule has 0 saturated heterocycles. The molecule has 0 aliphatic rings. The maximum atomic E-state index is 11.8. The van der Waals surface area contributed by atoms with Crippen LogP contribution in [0.2, 0.25) is 0 Å². The lowest BCUT2D eigenvalue weighted by atomic mass is 10.0. The Balaban J connectivity index is 1.73. The number of nitrogens with zero attached hydrogens (tertiary/aromatic N) is 1. The van der Waals surface area contributed by atoms with Gasteiger partial charge in [0, 0.05) is 37.3 Å². The van der Waals surface area contributed by atoms with Crippen LogP contribution in [0.5, 0.6) is 0 Å². The van der Waals surface area contributed by atoms with E-state index < -0.39 is 0 Å². The van der Waals surface area contributed by atoms with Gasteiger partial charge in [0.05, 0.1) is 0 Å². The fraction of sp³-hybridized carbons (Fsp3) is 0.250. The standard InChI is InChI=1S/C16H19N3O/c17-15(13-6-2-1-3-7-13)12-16(20)19-11-9-14-8-4-5-10-18-14/h1-8,10,15H,9,11-12,17H2,(H,19,20). The molecule has 1 aromatic heterocycles. The fourth-order valence-corrected chi connectivity index (χ4v) is 1.97. The van der Waals surface area contributed by atoms with Crippen LogP contribution in [0.15, 0.2) is 54.7 Å². The number of amides is 1. The number of carbonyl (C=O) groups excluding carboxylic acids is 1. The van der Waals surface area contributed by atoms with E-state index in [9.17, 15) is 4.79 Å². The van der Waals surface area contributed by atoms with E-state index in [-0.39, 0.29) is 11.9 Å². The molecule has 1 atom stereocenters. The molecule has 1 unspecified atom stereocenters. The van der Waals surface area contributed by atoms with E-state index in [0.29, 0.717) is 13.0 Å². The number of carbonyl (C=O) groups is 1. The molecule has 0 aliphatic heterocycles. The number of hydrogen-bond acceptors (Lipinski definition) is 3. The Labute approximate surface area is 119 Å². The maximum Gasteiger partial charge on any atom is 0.221 e. The SMILES string of the molecule is NC(CC(=O)NCCc1ccccn1)c1ccccc1. The molecular weight excluding hydrogens is 250 g/mol. The number of hydrogen-bond donors (Lipinski definition) is 2. The van der Waals surface area contributed by atoms with Gasteiger partial charge in [0.15, 0.2) is 0 Å². The van der Waals surface area contributed by atoms with Gasteiger partial charge in [-0.25, -0.2) is 0 Å². The van der Waals surface area contributed by atoms with Gasteiger partial charge in [-0.1, -0.05) is 36.4 Å². The Morgan fingerprint density at radius 3 is 2.60 bits per heavy atom. The molecular formula is C16H19N3O. The lowest BCUT2D eigenvalue weighted by molar-refractivity contribution is -0.121. The van der Waals surface area contributed by atoms with Crippen LogP contribution in [0.25, 0.3) is 0 Å². The van der Waals surface area contributed by atoms with Crippen LogP contribution >= 0.6 is 0 Å². The monoisotopic (exact) mass is 269 g/mol. The number of aromatic nitrogens is 1. The van der Waals surface area contributed by atoms with E-state index in [4.69, 9.17) is 5.73 Å². The summed E-state index contributed by atoms with van der Waals surface area (Å²) in [4.78, 5) is 16.0. The minimum atomic E-state index is -0.258. The van der Waals surface area contributed by atoms with Crippen molar-refractivity contribution in [2.75, 3.05) is 6.54 Å². The van der Waals surface area contributed by atoms with E-state index >= 15 is 0 Å². The molecule has 1 amide bonds. The quantitative estimate of drug-likeness (QED) is 0.840. The fourth-order valence-electron chi connectivity index (χ4n) is 1.97. The first kappa shape index (κ1) is 14.2. The molecule has 3 N–H and O–H groups in total. The van der Waals surface area contributed by atoms with Crippen molar-refractivity contribution in [2.45, 2.75) is 18.9 Å². The number of nitrogens with one attached hydrogen (secondary N) is 1. The van der Waals surface area contributed by atoms with E-state index in [1.165, 1.54) is 0 Å². The Morgan fingerprint density at radius 1 is 1.15 bits per heavy atom.